The summed E-state index contributed by atoms with van der Waals surface area (Å²) in [5.41, 5.74) is 4.35. The molecule has 10 heteroatoms. The predicted octanol–water partition coefficient (Wildman–Crippen LogP) is 6.24. The van der Waals surface area contributed by atoms with Crippen LogP contribution in [-0.4, -0.2) is 31.2 Å². The maximum Gasteiger partial charge on any atom is 0.236 e. The van der Waals surface area contributed by atoms with E-state index >= 15 is 0 Å². The number of aryl methyl sites for hydroxylation is 1. The molecule has 4 rings (SSSR count). The van der Waals surface area contributed by atoms with Gasteiger partial charge in [-0.25, -0.2) is 18.4 Å². The number of aromatic nitrogens is 2. The molecule has 3 aromatic rings. The van der Waals surface area contributed by atoms with Crippen LogP contribution >= 0.6 is 11.6 Å². The van der Waals surface area contributed by atoms with Gasteiger partial charge in [-0.1, -0.05) is 44.9 Å². The summed E-state index contributed by atoms with van der Waals surface area (Å²) in [4.78, 5) is 8.08. The van der Waals surface area contributed by atoms with Gasteiger partial charge in [-0.2, -0.15) is 5.26 Å². The fourth-order valence-corrected chi connectivity index (χ4v) is 4.84. The molecule has 1 aliphatic rings. The minimum absolute atomic E-state index is 0.00640. The van der Waals surface area contributed by atoms with Crippen molar-refractivity contribution < 1.29 is 17.9 Å². The monoisotopic (exact) mass is 556 g/mol. The molecular weight excluding hydrogens is 524 g/mol. The van der Waals surface area contributed by atoms with Gasteiger partial charge in [0.1, 0.15) is 18.4 Å². The molecule has 0 radical (unpaired) electrons. The number of ether oxygens (including phenoxy) is 2. The van der Waals surface area contributed by atoms with Crippen molar-refractivity contribution in [3.05, 3.63) is 75.6 Å². The van der Waals surface area contributed by atoms with Crippen LogP contribution in [0.2, 0.25) is 5.02 Å². The Morgan fingerprint density at radius 3 is 2.61 bits per heavy atom. The molecule has 0 spiro atoms. The normalized spacial score (nSPS) is 14.1. The van der Waals surface area contributed by atoms with Crippen molar-refractivity contribution in [2.45, 2.75) is 59.0 Å². The van der Waals surface area contributed by atoms with E-state index in [0.717, 1.165) is 31.1 Å². The number of nitrogens with zero attached hydrogens (tertiary/aromatic N) is 3. The number of sulfonamides is 1. The van der Waals surface area contributed by atoms with Crippen LogP contribution in [-0.2, 0) is 23.1 Å². The number of hydrogen-bond acceptors (Lipinski definition) is 7. The minimum atomic E-state index is -3.46. The molecule has 8 nitrogen and oxygen atoms in total. The first-order valence-corrected chi connectivity index (χ1v) is 14.9. The third-order valence-electron chi connectivity index (χ3n) is 5.61. The molecule has 1 heterocycles. The van der Waals surface area contributed by atoms with Crippen molar-refractivity contribution in [2.75, 3.05) is 17.6 Å². The standard InChI is InChI=1S/C25H25ClN4O4S.C3H8/c1-3-10-33-24-18(14-27)11-17(13-23(24)26)22-6-4-16-12-20(5-7-21(16)22)34-15-19-8-9-28-25(29-19)30-35(2,31)32;1-3-2/h5,7-9,11-13,22H,3-4,6,10,15H2,1-2H3,(H,28,29,30);3H2,1-2H3. The number of rotatable bonds is 9. The van der Waals surface area contributed by atoms with E-state index in [0.29, 0.717) is 34.4 Å². The molecule has 0 saturated heterocycles. The molecule has 0 amide bonds. The molecule has 1 unspecified atom stereocenters. The largest absolute Gasteiger partial charge is 0.491 e. The molecule has 2 aromatic carbocycles. The second kappa shape index (κ2) is 13.4. The number of halogens is 1. The highest BCUT2D eigenvalue weighted by Crippen LogP contribution is 2.42. The zero-order valence-corrected chi connectivity index (χ0v) is 23.7. The van der Waals surface area contributed by atoms with E-state index < -0.39 is 10.0 Å². The quantitative estimate of drug-likeness (QED) is 0.332. The minimum Gasteiger partial charge on any atom is -0.491 e. The van der Waals surface area contributed by atoms with Crippen LogP contribution in [0.5, 0.6) is 11.5 Å². The van der Waals surface area contributed by atoms with Crippen LogP contribution in [0.15, 0.2) is 42.6 Å². The second-order valence-corrected chi connectivity index (χ2v) is 11.2. The molecule has 0 fully saturated rings. The predicted molar refractivity (Wildman–Crippen MR) is 149 cm³/mol. The SMILES string of the molecule is CCC.CCCOc1c(Cl)cc(C2CCc3cc(OCc4ccnc(NS(C)(=O)=O)n4)ccc32)cc1C#N. The van der Waals surface area contributed by atoms with E-state index in [4.69, 9.17) is 21.1 Å². The lowest BCUT2D eigenvalue weighted by atomic mass is 9.91. The summed E-state index contributed by atoms with van der Waals surface area (Å²) in [5.74, 6) is 1.28. The Bertz CT molecular complexity index is 1410. The third kappa shape index (κ3) is 7.83. The van der Waals surface area contributed by atoms with Gasteiger partial charge in [-0.05, 0) is 66.3 Å². The first-order valence-electron chi connectivity index (χ1n) is 12.6. The molecule has 1 atom stereocenters. The number of hydrogen-bond donors (Lipinski definition) is 1. The highest BCUT2D eigenvalue weighted by Gasteiger charge is 2.26. The summed E-state index contributed by atoms with van der Waals surface area (Å²) in [5, 5.41) is 10.1. The molecule has 0 saturated carbocycles. The molecule has 1 aromatic heterocycles. The fourth-order valence-electron chi connectivity index (χ4n) is 4.13. The average Bonchev–Trinajstić information content (AvgIpc) is 3.29. The van der Waals surface area contributed by atoms with Gasteiger partial charge < -0.3 is 9.47 Å². The van der Waals surface area contributed by atoms with Gasteiger partial charge in [0, 0.05) is 12.1 Å². The van der Waals surface area contributed by atoms with E-state index in [9.17, 15) is 13.7 Å². The lowest BCUT2D eigenvalue weighted by Crippen LogP contribution is -2.13. The summed E-state index contributed by atoms with van der Waals surface area (Å²) in [6, 6.07) is 13.6. The van der Waals surface area contributed by atoms with Crippen LogP contribution < -0.4 is 14.2 Å². The summed E-state index contributed by atoms with van der Waals surface area (Å²) < 4.78 is 36.6. The van der Waals surface area contributed by atoms with Gasteiger partial charge in [-0.15, -0.1) is 0 Å². The van der Waals surface area contributed by atoms with E-state index in [1.54, 1.807) is 6.07 Å². The lowest BCUT2D eigenvalue weighted by Gasteiger charge is -2.16. The van der Waals surface area contributed by atoms with Gasteiger partial charge in [0.15, 0.2) is 5.75 Å². The molecule has 0 aliphatic heterocycles. The third-order valence-corrected chi connectivity index (χ3v) is 6.44. The van der Waals surface area contributed by atoms with Crippen LogP contribution in [0.1, 0.15) is 73.9 Å². The van der Waals surface area contributed by atoms with Crippen molar-refractivity contribution in [3.8, 4) is 17.6 Å². The molecule has 1 N–H and O–H groups in total. The van der Waals surface area contributed by atoms with Crippen molar-refractivity contribution in [1.82, 2.24) is 9.97 Å². The molecular formula is C28H33ClN4O4S. The van der Waals surface area contributed by atoms with Crippen LogP contribution in [0.3, 0.4) is 0 Å². The van der Waals surface area contributed by atoms with Gasteiger partial charge in [0.25, 0.3) is 0 Å². The summed E-state index contributed by atoms with van der Waals surface area (Å²) in [6.07, 6.45) is 6.38. The number of nitriles is 1. The second-order valence-electron chi connectivity index (χ2n) is 9.03. The van der Waals surface area contributed by atoms with Gasteiger partial charge in [-0.3, -0.25) is 4.72 Å². The Morgan fingerprint density at radius 2 is 1.92 bits per heavy atom. The summed E-state index contributed by atoms with van der Waals surface area (Å²) in [7, 11) is -3.46. The molecule has 202 valence electrons. The van der Waals surface area contributed by atoms with E-state index in [2.05, 4.69) is 34.6 Å². The van der Waals surface area contributed by atoms with Crippen LogP contribution in [0, 0.1) is 11.3 Å². The summed E-state index contributed by atoms with van der Waals surface area (Å²) >= 11 is 6.48. The Hall–Kier alpha value is -3.35. The Morgan fingerprint density at radius 1 is 1.16 bits per heavy atom. The molecule has 38 heavy (non-hydrogen) atoms. The number of anilines is 1. The Balaban J connectivity index is 0.00000127. The van der Waals surface area contributed by atoms with E-state index in [-0.39, 0.29) is 18.5 Å². The fraction of sp³-hybridized carbons (Fsp3) is 0.393. The van der Waals surface area contributed by atoms with Crippen LogP contribution in [0.4, 0.5) is 5.95 Å². The van der Waals surface area contributed by atoms with Crippen molar-refractivity contribution in [1.29, 1.82) is 5.26 Å². The van der Waals surface area contributed by atoms with E-state index in [1.807, 2.05) is 37.3 Å². The molecule has 1 aliphatic carbocycles. The van der Waals surface area contributed by atoms with Gasteiger partial charge in [0.05, 0.1) is 29.1 Å². The van der Waals surface area contributed by atoms with E-state index in [1.165, 1.54) is 23.7 Å². The lowest BCUT2D eigenvalue weighted by molar-refractivity contribution is 0.301. The maximum absolute atomic E-state index is 11.4. The number of benzene rings is 2. The number of nitrogens with one attached hydrogen (secondary N) is 1. The maximum atomic E-state index is 11.4. The van der Waals surface area contributed by atoms with Crippen LogP contribution in [0.25, 0.3) is 0 Å². The zero-order valence-electron chi connectivity index (χ0n) is 22.1. The number of fused-ring (bicyclic) bond motifs is 1. The topological polar surface area (TPSA) is 114 Å². The summed E-state index contributed by atoms with van der Waals surface area (Å²) in [6.45, 7) is 6.93. The van der Waals surface area contributed by atoms with Crippen molar-refractivity contribution >= 4 is 27.6 Å². The average molecular weight is 557 g/mol. The highest BCUT2D eigenvalue weighted by atomic mass is 35.5. The smallest absolute Gasteiger partial charge is 0.236 e. The highest BCUT2D eigenvalue weighted by molar-refractivity contribution is 7.91. The van der Waals surface area contributed by atoms with Crippen molar-refractivity contribution in [3.63, 3.8) is 0 Å². The first kappa shape index (κ1) is 29.2. The Kier molecular flexibility index (Phi) is 10.3. The molecule has 0 bridgehead atoms. The van der Waals surface area contributed by atoms with Gasteiger partial charge >= 0.3 is 0 Å². The zero-order chi connectivity index (χ0) is 27.7. The Labute approximate surface area is 230 Å². The first-order chi connectivity index (χ1) is 18.2. The van der Waals surface area contributed by atoms with Crippen molar-refractivity contribution in [2.24, 2.45) is 0 Å². The van der Waals surface area contributed by atoms with Gasteiger partial charge in [0.2, 0.25) is 16.0 Å².